The van der Waals surface area contributed by atoms with Crippen molar-refractivity contribution in [3.8, 4) is 0 Å². The van der Waals surface area contributed by atoms with Crippen LogP contribution in [0.1, 0.15) is 24.8 Å². The topological polar surface area (TPSA) is 84.9 Å². The van der Waals surface area contributed by atoms with Crippen molar-refractivity contribution in [3.05, 3.63) is 34.9 Å². The van der Waals surface area contributed by atoms with Gasteiger partial charge in [-0.2, -0.15) is 0 Å². The van der Waals surface area contributed by atoms with E-state index in [0.29, 0.717) is 31.0 Å². The summed E-state index contributed by atoms with van der Waals surface area (Å²) in [5.41, 5.74) is 6.23. The Kier molecular flexibility index (Phi) is 4.87. The number of nitrogens with two attached hydrogens (primary N) is 1. The number of rotatable bonds is 4. The number of hydrogen-bond acceptors (Lipinski definition) is 3. The van der Waals surface area contributed by atoms with Crippen molar-refractivity contribution in [1.82, 2.24) is 4.90 Å². The highest BCUT2D eigenvalue weighted by Crippen LogP contribution is 2.18. The van der Waals surface area contributed by atoms with Gasteiger partial charge in [0.2, 0.25) is 11.8 Å². The van der Waals surface area contributed by atoms with Gasteiger partial charge in [-0.3, -0.25) is 19.3 Å². The van der Waals surface area contributed by atoms with Gasteiger partial charge in [0, 0.05) is 23.8 Å². The van der Waals surface area contributed by atoms with Crippen LogP contribution < -0.4 is 10.6 Å². The number of hydrogen-bond donors (Lipinski definition) is 2. The molecule has 6 nitrogen and oxygen atoms in total. The molecule has 0 aliphatic carbocycles. The Morgan fingerprint density at radius 2 is 1.83 bits per heavy atom. The summed E-state index contributed by atoms with van der Waals surface area (Å²) in [6, 6.07) is 6.81. The molecule has 0 bridgehead atoms. The van der Waals surface area contributed by atoms with Crippen LogP contribution in [0.2, 0.25) is 5.02 Å². The SMILES string of the molecule is NC(=O)C1CC[NH+]([C@H]2CC(=O)N(Cc3ccc(Cl)cc3)C2=O)CC1. The molecule has 2 saturated heterocycles. The second kappa shape index (κ2) is 6.91. The van der Waals surface area contributed by atoms with Crippen LogP contribution >= 0.6 is 11.6 Å². The first-order valence-corrected chi connectivity index (χ1v) is 8.56. The number of halogens is 1. The second-order valence-corrected chi connectivity index (χ2v) is 6.97. The number of benzene rings is 1. The molecule has 0 saturated carbocycles. The van der Waals surface area contributed by atoms with Crippen LogP contribution in [-0.2, 0) is 20.9 Å². The number of nitrogens with zero attached hydrogens (tertiary/aromatic N) is 1. The zero-order valence-electron chi connectivity index (χ0n) is 13.3. The van der Waals surface area contributed by atoms with Crippen molar-refractivity contribution in [2.45, 2.75) is 31.8 Å². The maximum atomic E-state index is 12.7. The summed E-state index contributed by atoms with van der Waals surface area (Å²) in [6.45, 7) is 1.68. The van der Waals surface area contributed by atoms with Crippen LogP contribution in [0.5, 0.6) is 0 Å². The van der Waals surface area contributed by atoms with Crippen molar-refractivity contribution >= 4 is 29.3 Å². The first kappa shape index (κ1) is 16.9. The summed E-state index contributed by atoms with van der Waals surface area (Å²) >= 11 is 5.86. The van der Waals surface area contributed by atoms with Gasteiger partial charge in [0.25, 0.3) is 5.91 Å². The van der Waals surface area contributed by atoms with E-state index in [9.17, 15) is 14.4 Å². The minimum absolute atomic E-state index is 0.105. The highest BCUT2D eigenvalue weighted by atomic mass is 35.5. The molecule has 1 atom stereocenters. The second-order valence-electron chi connectivity index (χ2n) is 6.54. The number of nitrogens with one attached hydrogen (secondary N) is 1. The molecule has 7 heteroatoms. The third-order valence-corrected chi connectivity index (χ3v) is 5.27. The normalized spacial score (nSPS) is 27.5. The summed E-state index contributed by atoms with van der Waals surface area (Å²) in [4.78, 5) is 38.6. The first-order valence-electron chi connectivity index (χ1n) is 8.18. The van der Waals surface area contributed by atoms with E-state index in [-0.39, 0.29) is 42.6 Å². The number of imide groups is 1. The van der Waals surface area contributed by atoms with E-state index in [1.165, 1.54) is 4.90 Å². The van der Waals surface area contributed by atoms with E-state index in [1.54, 1.807) is 12.1 Å². The van der Waals surface area contributed by atoms with Crippen molar-refractivity contribution in [2.24, 2.45) is 11.7 Å². The van der Waals surface area contributed by atoms with Crippen molar-refractivity contribution in [2.75, 3.05) is 13.1 Å². The number of primary amides is 1. The van der Waals surface area contributed by atoms with Gasteiger partial charge in [0.1, 0.15) is 0 Å². The molecule has 3 N–H and O–H groups in total. The maximum Gasteiger partial charge on any atom is 0.288 e. The van der Waals surface area contributed by atoms with E-state index in [0.717, 1.165) is 10.5 Å². The lowest BCUT2D eigenvalue weighted by atomic mass is 9.95. The molecule has 2 aliphatic heterocycles. The molecular formula is C17H21ClN3O3+. The molecular weight excluding hydrogens is 330 g/mol. The molecule has 0 spiro atoms. The lowest BCUT2D eigenvalue weighted by molar-refractivity contribution is -0.920. The molecule has 1 aromatic rings. The number of likely N-dealkylation sites (tertiary alicyclic amines) is 2. The quantitative estimate of drug-likeness (QED) is 0.734. The van der Waals surface area contributed by atoms with Gasteiger partial charge < -0.3 is 10.6 Å². The Morgan fingerprint density at radius 1 is 1.21 bits per heavy atom. The third-order valence-electron chi connectivity index (χ3n) is 5.02. The minimum atomic E-state index is -0.335. The lowest BCUT2D eigenvalue weighted by Crippen LogP contribution is -3.17. The van der Waals surface area contributed by atoms with Gasteiger partial charge in [-0.1, -0.05) is 23.7 Å². The van der Waals surface area contributed by atoms with E-state index in [4.69, 9.17) is 17.3 Å². The fourth-order valence-corrected chi connectivity index (χ4v) is 3.69. The summed E-state index contributed by atoms with van der Waals surface area (Å²) in [7, 11) is 0. The van der Waals surface area contributed by atoms with Gasteiger partial charge in [0.15, 0.2) is 6.04 Å². The molecule has 2 aliphatic rings. The monoisotopic (exact) mass is 350 g/mol. The predicted octanol–water partition coefficient (Wildman–Crippen LogP) is -0.252. The lowest BCUT2D eigenvalue weighted by Gasteiger charge is -2.30. The molecule has 128 valence electrons. The minimum Gasteiger partial charge on any atom is -0.369 e. The Hall–Kier alpha value is -1.92. The summed E-state index contributed by atoms with van der Waals surface area (Å²) in [5, 5.41) is 0.623. The van der Waals surface area contributed by atoms with Crippen LogP contribution in [0.3, 0.4) is 0 Å². The Labute approximate surface area is 145 Å². The maximum absolute atomic E-state index is 12.7. The highest BCUT2D eigenvalue weighted by Gasteiger charge is 2.46. The zero-order valence-corrected chi connectivity index (χ0v) is 14.1. The van der Waals surface area contributed by atoms with Crippen molar-refractivity contribution < 1.29 is 19.3 Å². The molecule has 1 aromatic carbocycles. The van der Waals surface area contributed by atoms with Crippen molar-refractivity contribution in [3.63, 3.8) is 0 Å². The number of quaternary nitrogens is 1. The standard InChI is InChI=1S/C17H20ClN3O3/c18-13-3-1-11(2-4-13)10-21-15(22)9-14(17(21)24)20-7-5-12(6-8-20)16(19)23/h1-4,12,14H,5-10H2,(H2,19,23)/p+1/t14-/m0/s1. The van der Waals surface area contributed by atoms with Gasteiger partial charge in [-0.15, -0.1) is 0 Å². The zero-order chi connectivity index (χ0) is 17.3. The van der Waals surface area contributed by atoms with Crippen molar-refractivity contribution in [1.29, 1.82) is 0 Å². The summed E-state index contributed by atoms with van der Waals surface area (Å²) < 4.78 is 0. The summed E-state index contributed by atoms with van der Waals surface area (Å²) in [6.07, 6.45) is 1.60. The predicted molar refractivity (Wildman–Crippen MR) is 88.0 cm³/mol. The molecule has 2 fully saturated rings. The first-order chi connectivity index (χ1) is 11.5. The molecule has 0 radical (unpaired) electrons. The van der Waals surface area contributed by atoms with E-state index < -0.39 is 0 Å². The molecule has 0 unspecified atom stereocenters. The number of carbonyl (C=O) groups excluding carboxylic acids is 3. The van der Waals surface area contributed by atoms with Crippen LogP contribution in [0, 0.1) is 5.92 Å². The Bertz CT molecular complexity index is 654. The Morgan fingerprint density at radius 3 is 2.42 bits per heavy atom. The fraction of sp³-hybridized carbons (Fsp3) is 0.471. The van der Waals surface area contributed by atoms with Gasteiger partial charge in [-0.25, -0.2) is 0 Å². The molecule has 3 rings (SSSR count). The largest absolute Gasteiger partial charge is 0.369 e. The number of piperidine rings is 1. The molecule has 0 aromatic heterocycles. The smallest absolute Gasteiger partial charge is 0.288 e. The van der Waals surface area contributed by atoms with E-state index in [2.05, 4.69) is 0 Å². The van der Waals surface area contributed by atoms with Crippen LogP contribution in [0.25, 0.3) is 0 Å². The van der Waals surface area contributed by atoms with E-state index in [1.807, 2.05) is 12.1 Å². The van der Waals surface area contributed by atoms with E-state index >= 15 is 0 Å². The number of carbonyl (C=O) groups is 3. The van der Waals surface area contributed by atoms with Gasteiger partial charge in [-0.05, 0) is 17.7 Å². The third kappa shape index (κ3) is 3.44. The number of amides is 3. The molecule has 24 heavy (non-hydrogen) atoms. The average molecular weight is 351 g/mol. The van der Waals surface area contributed by atoms with Crippen LogP contribution in [0.15, 0.2) is 24.3 Å². The van der Waals surface area contributed by atoms with Crippen LogP contribution in [-0.4, -0.2) is 41.8 Å². The van der Waals surface area contributed by atoms with Gasteiger partial charge in [0.05, 0.1) is 26.1 Å². The highest BCUT2D eigenvalue weighted by molar-refractivity contribution is 6.30. The Balaban J connectivity index is 1.64. The van der Waals surface area contributed by atoms with Gasteiger partial charge >= 0.3 is 0 Å². The average Bonchev–Trinajstić information content (AvgIpc) is 2.85. The summed E-state index contributed by atoms with van der Waals surface area (Å²) in [5.74, 6) is -0.634. The fourth-order valence-electron chi connectivity index (χ4n) is 3.56. The molecule has 2 heterocycles. The molecule has 3 amide bonds. The van der Waals surface area contributed by atoms with Crippen LogP contribution in [0.4, 0.5) is 0 Å².